The minimum atomic E-state index is -1.14. The maximum absolute atomic E-state index is 14.0. The molecule has 0 saturated heterocycles. The lowest BCUT2D eigenvalue weighted by atomic mass is 9.88. The van der Waals surface area contributed by atoms with Crippen molar-refractivity contribution in [3.05, 3.63) is 42.0 Å². The molecule has 0 spiro atoms. The number of anilines is 1. The summed E-state index contributed by atoms with van der Waals surface area (Å²) in [4.78, 5) is 33.9. The number of benzene rings is 2. The zero-order chi connectivity index (χ0) is 25.8. The van der Waals surface area contributed by atoms with Crippen LogP contribution in [0.4, 0.5) is 5.95 Å². The fraction of sp³-hybridized carbons (Fsp3) is 0.444. The van der Waals surface area contributed by atoms with Crippen molar-refractivity contribution in [2.75, 3.05) is 39.4 Å². The van der Waals surface area contributed by atoms with Crippen molar-refractivity contribution in [2.45, 2.75) is 39.2 Å². The number of esters is 1. The molecule has 1 aliphatic heterocycles. The van der Waals surface area contributed by atoms with Gasteiger partial charge in [-0.1, -0.05) is 31.9 Å². The lowest BCUT2D eigenvalue weighted by molar-refractivity contribution is -0.153. The topological polar surface area (TPSA) is 92.1 Å². The number of carbonyl (C=O) groups is 2. The molecule has 192 valence electrons. The molecule has 0 unspecified atom stereocenters. The molecule has 2 aromatic carbocycles. The minimum absolute atomic E-state index is 0.159. The molecule has 1 amide bonds. The summed E-state index contributed by atoms with van der Waals surface area (Å²) in [6, 6.07) is 10.4. The number of unbranched alkanes of at least 4 members (excludes halogenated alkanes) is 2. The number of aromatic nitrogens is 2. The number of nitrogens with zero attached hydrogens (tertiary/aromatic N) is 3. The van der Waals surface area contributed by atoms with Crippen molar-refractivity contribution in [2.24, 2.45) is 5.92 Å². The molecule has 0 fully saturated rings. The number of rotatable bonds is 10. The van der Waals surface area contributed by atoms with Gasteiger partial charge in [-0.2, -0.15) is 0 Å². The normalized spacial score (nSPS) is 17.1. The molecule has 3 aromatic rings. The van der Waals surface area contributed by atoms with Crippen LogP contribution in [0, 0.1) is 5.92 Å². The summed E-state index contributed by atoms with van der Waals surface area (Å²) in [6.07, 6.45) is 2.76. The first kappa shape index (κ1) is 25.3. The van der Waals surface area contributed by atoms with Gasteiger partial charge in [0.2, 0.25) is 17.6 Å². The number of ether oxygens (including phenoxy) is 4. The van der Waals surface area contributed by atoms with Crippen LogP contribution in [0.1, 0.15) is 44.7 Å². The molecular weight excluding hydrogens is 462 g/mol. The maximum Gasteiger partial charge on any atom is 0.321 e. The Morgan fingerprint density at radius 1 is 0.972 bits per heavy atom. The smallest absolute Gasteiger partial charge is 0.321 e. The molecule has 2 atom stereocenters. The Labute approximate surface area is 210 Å². The van der Waals surface area contributed by atoms with Gasteiger partial charge in [0.05, 0.1) is 45.0 Å². The molecular formula is C27H33N3O6. The van der Waals surface area contributed by atoms with Crippen LogP contribution in [0.5, 0.6) is 17.2 Å². The largest absolute Gasteiger partial charge is 0.493 e. The van der Waals surface area contributed by atoms with Crippen molar-refractivity contribution < 1.29 is 28.5 Å². The van der Waals surface area contributed by atoms with E-state index in [-0.39, 0.29) is 12.5 Å². The Kier molecular flexibility index (Phi) is 7.67. The van der Waals surface area contributed by atoms with Crippen LogP contribution in [0.3, 0.4) is 0 Å². The van der Waals surface area contributed by atoms with Crippen LogP contribution in [0.2, 0.25) is 0 Å². The minimum Gasteiger partial charge on any atom is -0.493 e. The van der Waals surface area contributed by atoms with E-state index in [0.29, 0.717) is 35.3 Å². The van der Waals surface area contributed by atoms with Gasteiger partial charge in [-0.3, -0.25) is 14.5 Å². The Balaban J connectivity index is 2.02. The molecule has 36 heavy (non-hydrogen) atoms. The van der Waals surface area contributed by atoms with Crippen LogP contribution in [0.25, 0.3) is 11.0 Å². The average molecular weight is 496 g/mol. The second-order valence-electron chi connectivity index (χ2n) is 8.57. The Bertz CT molecular complexity index is 1250. The van der Waals surface area contributed by atoms with Gasteiger partial charge in [0.25, 0.3) is 0 Å². The molecule has 9 nitrogen and oxygen atoms in total. The second kappa shape index (κ2) is 10.9. The third-order valence-electron chi connectivity index (χ3n) is 6.52. The molecule has 9 heteroatoms. The Hall–Kier alpha value is -3.75. The first-order valence-corrected chi connectivity index (χ1v) is 12.3. The number of imidazole rings is 1. The lowest BCUT2D eigenvalue weighted by Crippen LogP contribution is -2.50. The molecule has 2 heterocycles. The number of hydrogen-bond donors (Lipinski definition) is 0. The number of fused-ring (bicyclic) bond motifs is 3. The summed E-state index contributed by atoms with van der Waals surface area (Å²) in [5, 5.41) is 0. The van der Waals surface area contributed by atoms with Gasteiger partial charge in [0.15, 0.2) is 17.4 Å². The van der Waals surface area contributed by atoms with Crippen molar-refractivity contribution in [1.29, 1.82) is 0 Å². The van der Waals surface area contributed by atoms with Crippen LogP contribution in [-0.4, -0.2) is 55.9 Å². The van der Waals surface area contributed by atoms with E-state index in [1.54, 1.807) is 24.0 Å². The highest BCUT2D eigenvalue weighted by Gasteiger charge is 2.49. The molecule has 0 bridgehead atoms. The third-order valence-corrected chi connectivity index (χ3v) is 6.52. The number of carbonyl (C=O) groups excluding carboxylic acids is 2. The monoisotopic (exact) mass is 495 g/mol. The molecule has 0 saturated carbocycles. The van der Waals surface area contributed by atoms with Gasteiger partial charge < -0.3 is 23.5 Å². The van der Waals surface area contributed by atoms with Crippen LogP contribution >= 0.6 is 0 Å². The van der Waals surface area contributed by atoms with Gasteiger partial charge in [-0.25, -0.2) is 4.98 Å². The molecule has 4 rings (SSSR count). The van der Waals surface area contributed by atoms with Crippen molar-refractivity contribution >= 4 is 28.9 Å². The van der Waals surface area contributed by atoms with Gasteiger partial charge in [0.1, 0.15) is 0 Å². The predicted octanol–water partition coefficient (Wildman–Crippen LogP) is 4.37. The predicted molar refractivity (Wildman–Crippen MR) is 136 cm³/mol. The summed E-state index contributed by atoms with van der Waals surface area (Å²) in [5.41, 5.74) is 2.13. The molecule has 0 N–H and O–H groups in total. The fourth-order valence-electron chi connectivity index (χ4n) is 4.91. The van der Waals surface area contributed by atoms with Gasteiger partial charge >= 0.3 is 5.97 Å². The highest BCUT2D eigenvalue weighted by molar-refractivity contribution is 6.08. The molecule has 0 aliphatic carbocycles. The molecule has 0 radical (unpaired) electrons. The molecule has 1 aromatic heterocycles. The van der Waals surface area contributed by atoms with Crippen molar-refractivity contribution in [3.63, 3.8) is 0 Å². The van der Waals surface area contributed by atoms with E-state index in [2.05, 4.69) is 6.92 Å². The fourth-order valence-corrected chi connectivity index (χ4v) is 4.91. The van der Waals surface area contributed by atoms with Crippen LogP contribution in [-0.2, 0) is 14.3 Å². The van der Waals surface area contributed by atoms with Gasteiger partial charge in [-0.15, -0.1) is 0 Å². The summed E-state index contributed by atoms with van der Waals surface area (Å²) < 4.78 is 24.2. The number of methoxy groups -OCH3 is 3. The van der Waals surface area contributed by atoms with E-state index in [9.17, 15) is 9.59 Å². The van der Waals surface area contributed by atoms with Crippen LogP contribution < -0.4 is 19.1 Å². The summed E-state index contributed by atoms with van der Waals surface area (Å²) in [7, 11) is 4.58. The first-order valence-electron chi connectivity index (χ1n) is 12.3. The lowest BCUT2D eigenvalue weighted by Gasteiger charge is -2.38. The van der Waals surface area contributed by atoms with Crippen molar-refractivity contribution in [3.8, 4) is 17.2 Å². The Morgan fingerprint density at radius 2 is 1.72 bits per heavy atom. The summed E-state index contributed by atoms with van der Waals surface area (Å²) in [6.45, 7) is 4.45. The SMILES string of the molecule is CCCCCN1C(=O)[C@@H](C(=O)OCC)[C@H](c2ccc(OC)c(OC)c2OC)n2c1nc1ccccc12. The van der Waals surface area contributed by atoms with Crippen molar-refractivity contribution in [1.82, 2.24) is 9.55 Å². The quantitative estimate of drug-likeness (QED) is 0.234. The summed E-state index contributed by atoms with van der Waals surface area (Å²) >= 11 is 0. The Morgan fingerprint density at radius 3 is 2.39 bits per heavy atom. The zero-order valence-electron chi connectivity index (χ0n) is 21.4. The highest BCUT2D eigenvalue weighted by Crippen LogP contribution is 2.48. The first-order chi connectivity index (χ1) is 17.5. The average Bonchev–Trinajstić information content (AvgIpc) is 3.27. The van der Waals surface area contributed by atoms with E-state index in [1.807, 2.05) is 28.8 Å². The molecule has 1 aliphatic rings. The van der Waals surface area contributed by atoms with E-state index < -0.39 is 17.9 Å². The van der Waals surface area contributed by atoms with E-state index in [1.165, 1.54) is 21.3 Å². The standard InChI is InChI=1S/C27H33N3O6/c1-6-8-11-16-29-25(31)21(26(32)36-7-2)22(30-19-13-10-9-12-18(19)28-27(29)30)17-14-15-20(33-3)24(35-5)23(17)34-4/h9-10,12-15,21-22H,6-8,11,16H2,1-5H3/t21-,22-/m0/s1. The van der Waals surface area contributed by atoms with Gasteiger partial charge in [-0.05, 0) is 37.6 Å². The number of para-hydroxylation sites is 2. The zero-order valence-corrected chi connectivity index (χ0v) is 21.4. The summed E-state index contributed by atoms with van der Waals surface area (Å²) in [5.74, 6) is -0.327. The van der Waals surface area contributed by atoms with E-state index in [0.717, 1.165) is 30.3 Å². The van der Waals surface area contributed by atoms with Crippen LogP contribution in [0.15, 0.2) is 36.4 Å². The number of amides is 1. The second-order valence-corrected chi connectivity index (χ2v) is 8.57. The van der Waals surface area contributed by atoms with E-state index >= 15 is 0 Å². The highest BCUT2D eigenvalue weighted by atomic mass is 16.5. The third kappa shape index (κ3) is 4.23. The van der Waals surface area contributed by atoms with Gasteiger partial charge in [0, 0.05) is 12.1 Å². The van der Waals surface area contributed by atoms with E-state index in [4.69, 9.17) is 23.9 Å². The number of hydrogen-bond acceptors (Lipinski definition) is 7. The maximum atomic E-state index is 14.0.